The van der Waals surface area contributed by atoms with Crippen LogP contribution < -0.4 is 0 Å². The minimum Gasteiger partial charge on any atom is -0.295 e. The highest BCUT2D eigenvalue weighted by atomic mass is 35.5. The van der Waals surface area contributed by atoms with Crippen molar-refractivity contribution in [3.8, 4) is 0 Å². The van der Waals surface area contributed by atoms with Crippen molar-refractivity contribution in [3.05, 3.63) is 46.5 Å². The number of halogens is 1. The lowest BCUT2D eigenvalue weighted by Gasteiger charge is -1.98. The first-order valence-electron chi connectivity index (χ1n) is 4.51. The molecule has 0 saturated heterocycles. The van der Waals surface area contributed by atoms with E-state index >= 15 is 0 Å². The first-order chi connectivity index (χ1) is 6.59. The molecule has 0 N–H and O–H groups in total. The third-order valence-electron chi connectivity index (χ3n) is 1.98. The molecule has 1 aromatic carbocycles. The molecular formula is C12H13ClO. The molecule has 0 unspecified atom stereocenters. The summed E-state index contributed by atoms with van der Waals surface area (Å²) in [4.78, 5) is 11.0. The molecule has 1 nitrogen and oxygen atoms in total. The van der Waals surface area contributed by atoms with E-state index in [-0.39, 0.29) is 5.78 Å². The van der Waals surface area contributed by atoms with E-state index < -0.39 is 0 Å². The Bertz CT molecular complexity index is 345. The van der Waals surface area contributed by atoms with Gasteiger partial charge in [-0.3, -0.25) is 4.79 Å². The quantitative estimate of drug-likeness (QED) is 0.694. The predicted molar refractivity (Wildman–Crippen MR) is 59.8 cm³/mol. The Morgan fingerprint density at radius 1 is 1.29 bits per heavy atom. The average molecular weight is 209 g/mol. The molecule has 0 spiro atoms. The molecule has 0 aliphatic rings. The normalized spacial score (nSPS) is 11.5. The van der Waals surface area contributed by atoms with Gasteiger partial charge in [0.1, 0.15) is 0 Å². The van der Waals surface area contributed by atoms with E-state index in [2.05, 4.69) is 0 Å². The van der Waals surface area contributed by atoms with Gasteiger partial charge < -0.3 is 0 Å². The standard InChI is InChI=1S/C12H13ClO/c1-9(13)3-4-11-5-7-12(8-6-11)10(2)14/h3,5-8H,4H2,1-2H3. The molecule has 1 aromatic rings. The molecule has 0 atom stereocenters. The van der Waals surface area contributed by atoms with E-state index in [9.17, 15) is 4.79 Å². The highest BCUT2D eigenvalue weighted by molar-refractivity contribution is 6.29. The fourth-order valence-corrected chi connectivity index (χ4v) is 1.21. The van der Waals surface area contributed by atoms with Crippen LogP contribution in [0.15, 0.2) is 35.4 Å². The number of hydrogen-bond acceptors (Lipinski definition) is 1. The highest BCUT2D eigenvalue weighted by Crippen LogP contribution is 2.08. The first-order valence-corrected chi connectivity index (χ1v) is 4.89. The van der Waals surface area contributed by atoms with Crippen LogP contribution >= 0.6 is 11.6 Å². The van der Waals surface area contributed by atoms with Crippen molar-refractivity contribution >= 4 is 17.4 Å². The van der Waals surface area contributed by atoms with Gasteiger partial charge in [-0.25, -0.2) is 0 Å². The van der Waals surface area contributed by atoms with Gasteiger partial charge in [0, 0.05) is 10.6 Å². The fraction of sp³-hybridized carbons (Fsp3) is 0.250. The van der Waals surface area contributed by atoms with Gasteiger partial charge in [-0.15, -0.1) is 0 Å². The molecule has 0 saturated carbocycles. The molecule has 0 heterocycles. The van der Waals surface area contributed by atoms with Crippen molar-refractivity contribution in [1.82, 2.24) is 0 Å². The number of carbonyl (C=O) groups is 1. The van der Waals surface area contributed by atoms with E-state index in [0.717, 1.165) is 22.6 Å². The monoisotopic (exact) mass is 208 g/mol. The lowest BCUT2D eigenvalue weighted by molar-refractivity contribution is 0.101. The van der Waals surface area contributed by atoms with Crippen LogP contribution in [0.4, 0.5) is 0 Å². The van der Waals surface area contributed by atoms with Crippen molar-refractivity contribution in [2.75, 3.05) is 0 Å². The molecule has 74 valence electrons. The maximum absolute atomic E-state index is 11.0. The zero-order chi connectivity index (χ0) is 10.6. The predicted octanol–water partition coefficient (Wildman–Crippen LogP) is 3.57. The van der Waals surface area contributed by atoms with Crippen LogP contribution in [-0.2, 0) is 6.42 Å². The summed E-state index contributed by atoms with van der Waals surface area (Å²) in [6.45, 7) is 3.42. The molecule has 14 heavy (non-hydrogen) atoms. The summed E-state index contributed by atoms with van der Waals surface area (Å²) in [6, 6.07) is 7.59. The number of Topliss-reactive ketones (excluding diaryl/α,β-unsaturated/α-hetero) is 1. The number of benzene rings is 1. The van der Waals surface area contributed by atoms with E-state index in [4.69, 9.17) is 11.6 Å². The summed E-state index contributed by atoms with van der Waals surface area (Å²) in [5.74, 6) is 0.0978. The SMILES string of the molecule is CC(=O)c1ccc(CC=C(C)Cl)cc1. The van der Waals surface area contributed by atoms with Crippen LogP contribution in [0, 0.1) is 0 Å². The minimum absolute atomic E-state index is 0.0978. The second-order valence-electron chi connectivity index (χ2n) is 3.25. The molecule has 0 bridgehead atoms. The topological polar surface area (TPSA) is 17.1 Å². The number of ketones is 1. The molecule has 0 aliphatic heterocycles. The van der Waals surface area contributed by atoms with Crippen molar-refractivity contribution in [1.29, 1.82) is 0 Å². The second-order valence-corrected chi connectivity index (χ2v) is 3.84. The van der Waals surface area contributed by atoms with Crippen LogP contribution in [0.5, 0.6) is 0 Å². The molecule has 2 heteroatoms. The summed E-state index contributed by atoms with van der Waals surface area (Å²) in [6.07, 6.45) is 2.76. The lowest BCUT2D eigenvalue weighted by Crippen LogP contribution is -1.91. The van der Waals surface area contributed by atoms with Gasteiger partial charge >= 0.3 is 0 Å². The van der Waals surface area contributed by atoms with Gasteiger partial charge in [0.25, 0.3) is 0 Å². The Kier molecular flexibility index (Phi) is 3.90. The van der Waals surface area contributed by atoms with Crippen molar-refractivity contribution in [2.24, 2.45) is 0 Å². The largest absolute Gasteiger partial charge is 0.295 e. The highest BCUT2D eigenvalue weighted by Gasteiger charge is 1.97. The average Bonchev–Trinajstić information content (AvgIpc) is 2.15. The molecule has 1 rings (SSSR count). The van der Waals surface area contributed by atoms with Crippen LogP contribution in [0.25, 0.3) is 0 Å². The third-order valence-corrected chi connectivity index (χ3v) is 2.13. The number of rotatable bonds is 3. The fourth-order valence-electron chi connectivity index (χ4n) is 1.13. The van der Waals surface area contributed by atoms with Gasteiger partial charge in [0.2, 0.25) is 0 Å². The van der Waals surface area contributed by atoms with Gasteiger partial charge in [-0.1, -0.05) is 41.9 Å². The van der Waals surface area contributed by atoms with Gasteiger partial charge in [0.05, 0.1) is 0 Å². The number of hydrogen-bond donors (Lipinski definition) is 0. The van der Waals surface area contributed by atoms with Crippen molar-refractivity contribution in [2.45, 2.75) is 20.3 Å². The summed E-state index contributed by atoms with van der Waals surface area (Å²) >= 11 is 5.72. The molecule has 0 aromatic heterocycles. The Morgan fingerprint density at radius 3 is 2.29 bits per heavy atom. The zero-order valence-electron chi connectivity index (χ0n) is 8.38. The Hall–Kier alpha value is -1.08. The molecule has 0 amide bonds. The molecule has 0 aliphatic carbocycles. The van der Waals surface area contributed by atoms with E-state index in [1.54, 1.807) is 6.92 Å². The van der Waals surface area contributed by atoms with Gasteiger partial charge in [0.15, 0.2) is 5.78 Å². The summed E-state index contributed by atoms with van der Waals surface area (Å²) < 4.78 is 0. The van der Waals surface area contributed by atoms with Crippen LogP contribution in [0.2, 0.25) is 0 Å². The molecular weight excluding hydrogens is 196 g/mol. The summed E-state index contributed by atoms with van der Waals surface area (Å²) in [5.41, 5.74) is 1.91. The van der Waals surface area contributed by atoms with Gasteiger partial charge in [-0.2, -0.15) is 0 Å². The van der Waals surface area contributed by atoms with Crippen LogP contribution in [0.1, 0.15) is 29.8 Å². The van der Waals surface area contributed by atoms with Gasteiger partial charge in [-0.05, 0) is 25.8 Å². The van der Waals surface area contributed by atoms with Crippen LogP contribution in [-0.4, -0.2) is 5.78 Å². The van der Waals surface area contributed by atoms with E-state index in [1.807, 2.05) is 37.3 Å². The minimum atomic E-state index is 0.0978. The molecule has 0 radical (unpaired) electrons. The Balaban J connectivity index is 2.74. The maximum Gasteiger partial charge on any atom is 0.159 e. The maximum atomic E-state index is 11.0. The number of allylic oxidation sites excluding steroid dienone is 2. The zero-order valence-corrected chi connectivity index (χ0v) is 9.14. The molecule has 0 fully saturated rings. The van der Waals surface area contributed by atoms with Crippen molar-refractivity contribution in [3.63, 3.8) is 0 Å². The first kappa shape index (κ1) is 11.0. The lowest BCUT2D eigenvalue weighted by atomic mass is 10.1. The second kappa shape index (κ2) is 4.97. The van der Waals surface area contributed by atoms with E-state index in [0.29, 0.717) is 0 Å². The Labute approximate surface area is 89.4 Å². The van der Waals surface area contributed by atoms with Crippen molar-refractivity contribution < 1.29 is 4.79 Å². The van der Waals surface area contributed by atoms with Crippen LogP contribution in [0.3, 0.4) is 0 Å². The Morgan fingerprint density at radius 2 is 1.86 bits per heavy atom. The summed E-state index contributed by atoms with van der Waals surface area (Å²) in [7, 11) is 0. The summed E-state index contributed by atoms with van der Waals surface area (Å²) in [5, 5.41) is 0.792. The van der Waals surface area contributed by atoms with E-state index in [1.165, 1.54) is 0 Å². The number of carbonyl (C=O) groups excluding carboxylic acids is 1. The smallest absolute Gasteiger partial charge is 0.159 e. The third kappa shape index (κ3) is 3.35.